The second-order valence-corrected chi connectivity index (χ2v) is 4.75. The van der Waals surface area contributed by atoms with Gasteiger partial charge >= 0.3 is 0 Å². The van der Waals surface area contributed by atoms with Gasteiger partial charge in [0.1, 0.15) is 0 Å². The quantitative estimate of drug-likeness (QED) is 0.519. The molecule has 0 bridgehead atoms. The number of anilines is 1. The Balaban J connectivity index is 1.86. The number of nitrogens with one attached hydrogen (secondary N) is 1. The molecule has 0 radical (unpaired) electrons. The van der Waals surface area contributed by atoms with Crippen LogP contribution in [-0.4, -0.2) is 23.6 Å². The number of benzene rings is 2. The first-order valence-corrected chi connectivity index (χ1v) is 6.68. The van der Waals surface area contributed by atoms with Gasteiger partial charge in [-0.15, -0.1) is 0 Å². The van der Waals surface area contributed by atoms with E-state index in [9.17, 15) is 4.79 Å². The van der Waals surface area contributed by atoms with E-state index in [1.807, 2.05) is 0 Å². The van der Waals surface area contributed by atoms with Crippen LogP contribution in [0.15, 0.2) is 47.6 Å². The molecular formula is C16H14N2O4. The first-order valence-electron chi connectivity index (χ1n) is 6.68. The highest BCUT2D eigenvalue weighted by Gasteiger charge is 2.17. The van der Waals surface area contributed by atoms with E-state index < -0.39 is 0 Å². The summed E-state index contributed by atoms with van der Waals surface area (Å²) < 4.78 is 10.5. The van der Waals surface area contributed by atoms with Crippen LogP contribution in [0.3, 0.4) is 0 Å². The molecule has 112 valence electrons. The lowest BCUT2D eigenvalue weighted by Crippen LogP contribution is -2.14. The molecule has 2 N–H and O–H groups in total. The van der Waals surface area contributed by atoms with Crippen molar-refractivity contribution >= 4 is 17.3 Å². The minimum absolute atomic E-state index is 0.162. The monoisotopic (exact) mass is 298 g/mol. The van der Waals surface area contributed by atoms with Crippen LogP contribution in [0.4, 0.5) is 5.69 Å². The molecule has 0 unspecified atom stereocenters. The van der Waals surface area contributed by atoms with E-state index in [1.165, 1.54) is 0 Å². The summed E-state index contributed by atoms with van der Waals surface area (Å²) in [6.45, 7) is 1.82. The van der Waals surface area contributed by atoms with Crippen LogP contribution >= 0.6 is 0 Å². The van der Waals surface area contributed by atoms with Gasteiger partial charge in [-0.05, 0) is 31.2 Å². The number of carbonyl (C=O) groups excluding carboxylic acids is 1. The van der Waals surface area contributed by atoms with Gasteiger partial charge < -0.3 is 20.0 Å². The Morgan fingerprint density at radius 3 is 2.77 bits per heavy atom. The molecule has 0 spiro atoms. The molecule has 0 aromatic heterocycles. The Morgan fingerprint density at radius 1 is 1.18 bits per heavy atom. The molecule has 1 heterocycles. The maximum atomic E-state index is 12.4. The maximum absolute atomic E-state index is 12.4. The molecule has 0 fully saturated rings. The SMILES string of the molecule is C/C(=N\O)c1ccccc1NC(=O)c1ccc2c(c1)OCO2. The number of ether oxygens (including phenoxy) is 2. The molecule has 2 aromatic rings. The van der Waals surface area contributed by atoms with Crippen LogP contribution in [0, 0.1) is 0 Å². The van der Waals surface area contributed by atoms with Crippen molar-refractivity contribution in [3.05, 3.63) is 53.6 Å². The maximum Gasteiger partial charge on any atom is 0.255 e. The predicted octanol–water partition coefficient (Wildman–Crippen LogP) is 2.87. The van der Waals surface area contributed by atoms with E-state index in [1.54, 1.807) is 49.4 Å². The van der Waals surface area contributed by atoms with Crippen molar-refractivity contribution in [1.82, 2.24) is 0 Å². The van der Waals surface area contributed by atoms with Crippen molar-refractivity contribution in [3.63, 3.8) is 0 Å². The molecule has 0 saturated heterocycles. The Kier molecular flexibility index (Phi) is 3.65. The molecular weight excluding hydrogens is 284 g/mol. The number of oxime groups is 1. The summed E-state index contributed by atoms with van der Waals surface area (Å²) in [5, 5.41) is 14.9. The van der Waals surface area contributed by atoms with Gasteiger partial charge in [0, 0.05) is 11.1 Å². The topological polar surface area (TPSA) is 80.2 Å². The zero-order valence-electron chi connectivity index (χ0n) is 11.9. The van der Waals surface area contributed by atoms with Gasteiger partial charge in [0.25, 0.3) is 5.91 Å². The van der Waals surface area contributed by atoms with Crippen LogP contribution in [0.25, 0.3) is 0 Å². The van der Waals surface area contributed by atoms with Gasteiger partial charge in [-0.3, -0.25) is 4.79 Å². The highest BCUT2D eigenvalue weighted by atomic mass is 16.7. The first kappa shape index (κ1) is 13.9. The molecule has 0 atom stereocenters. The van der Waals surface area contributed by atoms with E-state index in [0.717, 1.165) is 0 Å². The number of rotatable bonds is 3. The molecule has 1 aliphatic rings. The lowest BCUT2D eigenvalue weighted by Gasteiger charge is -2.10. The molecule has 3 rings (SSSR count). The van der Waals surface area contributed by atoms with Gasteiger partial charge in [0.05, 0.1) is 11.4 Å². The standard InChI is InChI=1S/C16H14N2O4/c1-10(18-20)12-4-2-3-5-13(12)17-16(19)11-6-7-14-15(8-11)22-9-21-14/h2-8,20H,9H2,1H3,(H,17,19)/b18-10+. The fraction of sp³-hybridized carbons (Fsp3) is 0.125. The van der Waals surface area contributed by atoms with Gasteiger partial charge in [-0.1, -0.05) is 23.4 Å². The van der Waals surface area contributed by atoms with E-state index in [-0.39, 0.29) is 12.7 Å². The molecule has 22 heavy (non-hydrogen) atoms. The number of hydrogen-bond donors (Lipinski definition) is 2. The minimum atomic E-state index is -0.281. The molecule has 0 saturated carbocycles. The zero-order valence-corrected chi connectivity index (χ0v) is 11.9. The molecule has 0 aliphatic carbocycles. The van der Waals surface area contributed by atoms with Gasteiger partial charge in [-0.2, -0.15) is 0 Å². The van der Waals surface area contributed by atoms with Crippen LogP contribution in [0.5, 0.6) is 11.5 Å². The zero-order chi connectivity index (χ0) is 15.5. The van der Waals surface area contributed by atoms with Crippen molar-refractivity contribution in [1.29, 1.82) is 0 Å². The smallest absolute Gasteiger partial charge is 0.255 e. The van der Waals surface area contributed by atoms with E-state index >= 15 is 0 Å². The van der Waals surface area contributed by atoms with E-state index in [0.29, 0.717) is 34.0 Å². The average molecular weight is 298 g/mol. The number of fused-ring (bicyclic) bond motifs is 1. The second kappa shape index (κ2) is 5.77. The minimum Gasteiger partial charge on any atom is -0.454 e. The summed E-state index contributed by atoms with van der Waals surface area (Å²) >= 11 is 0. The Hall–Kier alpha value is -3.02. The third-order valence-corrected chi connectivity index (χ3v) is 3.35. The molecule has 6 nitrogen and oxygen atoms in total. The molecule has 1 aliphatic heterocycles. The van der Waals surface area contributed by atoms with Crippen LogP contribution in [-0.2, 0) is 0 Å². The number of amides is 1. The van der Waals surface area contributed by atoms with Crippen molar-refractivity contribution in [2.24, 2.45) is 5.16 Å². The van der Waals surface area contributed by atoms with Crippen LogP contribution in [0.1, 0.15) is 22.8 Å². The fourth-order valence-electron chi connectivity index (χ4n) is 2.19. The first-order chi connectivity index (χ1) is 10.7. The number of carbonyl (C=O) groups is 1. The second-order valence-electron chi connectivity index (χ2n) is 4.75. The molecule has 2 aromatic carbocycles. The Bertz CT molecular complexity index is 756. The summed E-state index contributed by atoms with van der Waals surface area (Å²) in [7, 11) is 0. The third-order valence-electron chi connectivity index (χ3n) is 3.35. The normalized spacial score (nSPS) is 13.0. The predicted molar refractivity (Wildman–Crippen MR) is 81.0 cm³/mol. The Morgan fingerprint density at radius 2 is 1.95 bits per heavy atom. The van der Waals surface area contributed by atoms with Crippen molar-refractivity contribution < 1.29 is 19.5 Å². The molecule has 6 heteroatoms. The van der Waals surface area contributed by atoms with E-state index in [4.69, 9.17) is 14.7 Å². The lowest BCUT2D eigenvalue weighted by molar-refractivity contribution is 0.102. The summed E-state index contributed by atoms with van der Waals surface area (Å²) in [5.74, 6) is 0.894. The fourth-order valence-corrected chi connectivity index (χ4v) is 2.19. The lowest BCUT2D eigenvalue weighted by atomic mass is 10.1. The van der Waals surface area contributed by atoms with Crippen molar-refractivity contribution in [3.8, 4) is 11.5 Å². The van der Waals surface area contributed by atoms with Gasteiger partial charge in [-0.25, -0.2) is 0 Å². The van der Waals surface area contributed by atoms with E-state index in [2.05, 4.69) is 10.5 Å². The summed E-state index contributed by atoms with van der Waals surface area (Å²) in [6, 6.07) is 12.1. The third kappa shape index (κ3) is 2.58. The highest BCUT2D eigenvalue weighted by molar-refractivity contribution is 6.10. The average Bonchev–Trinajstić information content (AvgIpc) is 3.02. The largest absolute Gasteiger partial charge is 0.454 e. The number of para-hydroxylation sites is 1. The van der Waals surface area contributed by atoms with Crippen LogP contribution in [0.2, 0.25) is 0 Å². The summed E-state index contributed by atoms with van der Waals surface area (Å²) in [4.78, 5) is 12.4. The van der Waals surface area contributed by atoms with Gasteiger partial charge in [0.2, 0.25) is 6.79 Å². The van der Waals surface area contributed by atoms with Crippen molar-refractivity contribution in [2.45, 2.75) is 6.92 Å². The van der Waals surface area contributed by atoms with Gasteiger partial charge in [0.15, 0.2) is 11.5 Å². The van der Waals surface area contributed by atoms with Crippen LogP contribution < -0.4 is 14.8 Å². The summed E-state index contributed by atoms with van der Waals surface area (Å²) in [6.07, 6.45) is 0. The Labute approximate surface area is 127 Å². The summed E-state index contributed by atoms with van der Waals surface area (Å²) in [5.41, 5.74) is 2.10. The highest BCUT2D eigenvalue weighted by Crippen LogP contribution is 2.32. The number of nitrogens with zero attached hydrogens (tertiary/aromatic N) is 1. The molecule has 1 amide bonds. The number of hydrogen-bond acceptors (Lipinski definition) is 5. The van der Waals surface area contributed by atoms with Crippen molar-refractivity contribution in [2.75, 3.05) is 12.1 Å².